The highest BCUT2D eigenvalue weighted by atomic mass is 16.2. The molecule has 0 saturated carbocycles. The zero-order chi connectivity index (χ0) is 22.9. The number of pyridine rings is 1. The van der Waals surface area contributed by atoms with Gasteiger partial charge in [0.2, 0.25) is 0 Å². The fraction of sp³-hybridized carbons (Fsp3) is 0.240. The van der Waals surface area contributed by atoms with Crippen molar-refractivity contribution in [3.05, 3.63) is 95.3 Å². The van der Waals surface area contributed by atoms with Crippen LogP contribution >= 0.6 is 0 Å². The number of nitriles is 1. The largest absolute Gasteiger partial charge is 0.397 e. The van der Waals surface area contributed by atoms with Gasteiger partial charge in [0.15, 0.2) is 0 Å². The number of benzene rings is 2. The van der Waals surface area contributed by atoms with Crippen molar-refractivity contribution in [3.63, 3.8) is 0 Å². The third-order valence-corrected chi connectivity index (χ3v) is 5.42. The highest BCUT2D eigenvalue weighted by molar-refractivity contribution is 5.94. The molecule has 1 amide bonds. The highest BCUT2D eigenvalue weighted by Gasteiger charge is 2.28. The van der Waals surface area contributed by atoms with Crippen LogP contribution in [0.15, 0.2) is 73.1 Å². The summed E-state index contributed by atoms with van der Waals surface area (Å²) in [7, 11) is 1.50. The van der Waals surface area contributed by atoms with Crippen LogP contribution < -0.4 is 11.5 Å². The van der Waals surface area contributed by atoms with Crippen LogP contribution in [0, 0.1) is 11.3 Å². The maximum absolute atomic E-state index is 12.8. The Morgan fingerprint density at radius 3 is 2.31 bits per heavy atom. The van der Waals surface area contributed by atoms with Crippen LogP contribution in [0.4, 0.5) is 5.69 Å². The molecule has 32 heavy (non-hydrogen) atoms. The van der Waals surface area contributed by atoms with Crippen molar-refractivity contribution in [2.24, 2.45) is 5.73 Å². The molecule has 0 spiro atoms. The summed E-state index contributed by atoms with van der Waals surface area (Å²) in [6, 6.07) is 22.0. The van der Waals surface area contributed by atoms with E-state index in [0.29, 0.717) is 29.9 Å². The summed E-state index contributed by atoms with van der Waals surface area (Å²) < 4.78 is 0. The van der Waals surface area contributed by atoms with Gasteiger partial charge in [-0.05, 0) is 36.4 Å². The quantitative estimate of drug-likeness (QED) is 0.661. The van der Waals surface area contributed by atoms with E-state index in [-0.39, 0.29) is 11.9 Å². The van der Waals surface area contributed by atoms with Gasteiger partial charge in [0, 0.05) is 38.6 Å². The molecule has 1 saturated heterocycles. The van der Waals surface area contributed by atoms with Gasteiger partial charge in [0.1, 0.15) is 0 Å². The number of piperazine rings is 1. The Bertz CT molecular complexity index is 1070. The molecular formula is C25H28N6O. The second-order valence-electron chi connectivity index (χ2n) is 7.39. The first-order valence-electron chi connectivity index (χ1n) is 10.5. The summed E-state index contributed by atoms with van der Waals surface area (Å²) in [5, 5.41) is 9.33. The molecule has 4 N–H and O–H groups in total. The number of nitrogen functional groups attached to an aromatic ring is 1. The fourth-order valence-corrected chi connectivity index (χ4v) is 3.97. The van der Waals surface area contributed by atoms with Crippen molar-refractivity contribution in [1.82, 2.24) is 14.8 Å². The number of amides is 1. The second-order valence-corrected chi connectivity index (χ2v) is 7.39. The molecule has 1 fully saturated rings. The molecular weight excluding hydrogens is 400 g/mol. The Balaban J connectivity index is 0.00000141. The average molecular weight is 429 g/mol. The number of carbonyl (C=O) groups is 1. The van der Waals surface area contributed by atoms with Gasteiger partial charge in [0.05, 0.1) is 28.9 Å². The third-order valence-electron chi connectivity index (χ3n) is 5.42. The van der Waals surface area contributed by atoms with E-state index in [1.54, 1.807) is 12.3 Å². The maximum atomic E-state index is 12.8. The molecule has 1 aliphatic rings. The molecule has 0 unspecified atom stereocenters. The van der Waals surface area contributed by atoms with Crippen molar-refractivity contribution in [2.75, 3.05) is 39.0 Å². The molecule has 1 aliphatic heterocycles. The lowest BCUT2D eigenvalue weighted by Crippen LogP contribution is -2.49. The van der Waals surface area contributed by atoms with Crippen molar-refractivity contribution in [1.29, 1.82) is 5.26 Å². The molecule has 7 heteroatoms. The van der Waals surface area contributed by atoms with Crippen LogP contribution in [-0.4, -0.2) is 53.9 Å². The van der Waals surface area contributed by atoms with Gasteiger partial charge in [-0.1, -0.05) is 42.5 Å². The molecule has 2 aromatic carbocycles. The SMILES string of the molecule is CN.N#Cc1cccc([C@H](c2ccccc2)N2CCN(C(=O)c3cncc(N)c3)CC2)c1. The van der Waals surface area contributed by atoms with Crippen molar-refractivity contribution >= 4 is 11.6 Å². The summed E-state index contributed by atoms with van der Waals surface area (Å²) in [5.74, 6) is -0.0443. The standard InChI is InChI=1S/C24H23N5O.CH5N/c25-15-18-5-4-8-20(13-18)23(19-6-2-1-3-7-19)28-9-11-29(12-10-28)24(30)21-14-22(26)17-27-16-21;1-2/h1-8,13-14,16-17,23H,9-12,26H2;2H2,1H3/t23-;/m0./s1. The molecule has 0 radical (unpaired) electrons. The molecule has 0 bridgehead atoms. The highest BCUT2D eigenvalue weighted by Crippen LogP contribution is 2.30. The molecule has 1 atom stereocenters. The maximum Gasteiger partial charge on any atom is 0.255 e. The van der Waals surface area contributed by atoms with E-state index in [4.69, 9.17) is 5.73 Å². The van der Waals surface area contributed by atoms with Crippen LogP contribution in [-0.2, 0) is 0 Å². The number of carbonyl (C=O) groups excluding carboxylic acids is 1. The normalized spacial score (nSPS) is 14.6. The summed E-state index contributed by atoms with van der Waals surface area (Å²) in [5.41, 5.74) is 14.2. The molecule has 7 nitrogen and oxygen atoms in total. The minimum atomic E-state index is -0.0443. The van der Waals surface area contributed by atoms with Gasteiger partial charge < -0.3 is 16.4 Å². The van der Waals surface area contributed by atoms with E-state index in [0.717, 1.165) is 18.7 Å². The Labute approximate surface area is 188 Å². The number of rotatable bonds is 4. The molecule has 1 aromatic heterocycles. The van der Waals surface area contributed by atoms with E-state index in [1.807, 2.05) is 41.3 Å². The molecule has 4 rings (SSSR count). The van der Waals surface area contributed by atoms with Crippen LogP contribution in [0.5, 0.6) is 0 Å². The number of nitrogens with zero attached hydrogens (tertiary/aromatic N) is 4. The Morgan fingerprint density at radius 2 is 1.66 bits per heavy atom. The van der Waals surface area contributed by atoms with Gasteiger partial charge in [0.25, 0.3) is 5.91 Å². The number of aromatic nitrogens is 1. The zero-order valence-electron chi connectivity index (χ0n) is 18.2. The predicted octanol–water partition coefficient (Wildman–Crippen LogP) is 2.66. The van der Waals surface area contributed by atoms with E-state index in [1.165, 1.54) is 18.8 Å². The van der Waals surface area contributed by atoms with E-state index in [2.05, 4.69) is 39.9 Å². The first kappa shape index (κ1) is 22.9. The first-order chi connectivity index (χ1) is 15.7. The predicted molar refractivity (Wildman–Crippen MR) is 126 cm³/mol. The fourth-order valence-electron chi connectivity index (χ4n) is 3.97. The van der Waals surface area contributed by atoms with Gasteiger partial charge in [-0.2, -0.15) is 5.26 Å². The molecule has 2 heterocycles. The number of hydrogen-bond acceptors (Lipinski definition) is 6. The lowest BCUT2D eigenvalue weighted by molar-refractivity contribution is 0.0597. The monoisotopic (exact) mass is 428 g/mol. The molecule has 0 aliphatic carbocycles. The van der Waals surface area contributed by atoms with Gasteiger partial charge in [-0.25, -0.2) is 0 Å². The molecule has 3 aromatic rings. The zero-order valence-corrected chi connectivity index (χ0v) is 18.2. The summed E-state index contributed by atoms with van der Waals surface area (Å²) >= 11 is 0. The summed E-state index contributed by atoms with van der Waals surface area (Å²) in [6.45, 7) is 2.71. The van der Waals surface area contributed by atoms with Crippen molar-refractivity contribution in [3.8, 4) is 6.07 Å². The second kappa shape index (κ2) is 11.0. The van der Waals surface area contributed by atoms with E-state index >= 15 is 0 Å². The van der Waals surface area contributed by atoms with E-state index in [9.17, 15) is 10.1 Å². The van der Waals surface area contributed by atoms with Crippen LogP contribution in [0.1, 0.15) is 33.1 Å². The smallest absolute Gasteiger partial charge is 0.255 e. The first-order valence-corrected chi connectivity index (χ1v) is 10.5. The lowest BCUT2D eigenvalue weighted by atomic mass is 9.95. The Kier molecular flexibility index (Phi) is 7.92. The van der Waals surface area contributed by atoms with Crippen LogP contribution in [0.3, 0.4) is 0 Å². The minimum Gasteiger partial charge on any atom is -0.397 e. The van der Waals surface area contributed by atoms with Gasteiger partial charge in [-0.15, -0.1) is 0 Å². The summed E-state index contributed by atoms with van der Waals surface area (Å²) in [4.78, 5) is 21.1. The van der Waals surface area contributed by atoms with Gasteiger partial charge in [-0.3, -0.25) is 14.7 Å². The van der Waals surface area contributed by atoms with Crippen LogP contribution in [0.2, 0.25) is 0 Å². The van der Waals surface area contributed by atoms with Crippen molar-refractivity contribution in [2.45, 2.75) is 6.04 Å². The average Bonchev–Trinajstić information content (AvgIpc) is 2.86. The van der Waals surface area contributed by atoms with E-state index < -0.39 is 0 Å². The topological polar surface area (TPSA) is 112 Å². The Hall–Kier alpha value is -3.73. The number of anilines is 1. The Morgan fingerprint density at radius 1 is 0.969 bits per heavy atom. The number of hydrogen-bond donors (Lipinski definition) is 2. The molecule has 164 valence electrons. The number of nitrogens with two attached hydrogens (primary N) is 2. The third kappa shape index (κ3) is 5.30. The summed E-state index contributed by atoms with van der Waals surface area (Å²) in [6.07, 6.45) is 3.10. The van der Waals surface area contributed by atoms with Crippen molar-refractivity contribution < 1.29 is 4.79 Å². The van der Waals surface area contributed by atoms with Crippen LogP contribution in [0.25, 0.3) is 0 Å². The van der Waals surface area contributed by atoms with Gasteiger partial charge >= 0.3 is 0 Å². The lowest BCUT2D eigenvalue weighted by Gasteiger charge is -2.39. The minimum absolute atomic E-state index is 0.0331.